The van der Waals surface area contributed by atoms with Crippen LogP contribution in [-0.4, -0.2) is 53.7 Å². The van der Waals surface area contributed by atoms with Crippen LogP contribution in [0.15, 0.2) is 12.2 Å². The van der Waals surface area contributed by atoms with Gasteiger partial charge in [0.2, 0.25) is 0 Å². The molecule has 16 heavy (non-hydrogen) atoms. The maximum Gasteiger partial charge on any atom is 0.149 e. The Morgan fingerprint density at radius 3 is 2.31 bits per heavy atom. The lowest BCUT2D eigenvalue weighted by atomic mass is 9.92. The van der Waals surface area contributed by atoms with E-state index in [4.69, 9.17) is 5.11 Å². The van der Waals surface area contributed by atoms with Crippen LogP contribution in [0.2, 0.25) is 0 Å². The van der Waals surface area contributed by atoms with Crippen molar-refractivity contribution in [2.45, 2.75) is 32.4 Å². The lowest BCUT2D eigenvalue weighted by Gasteiger charge is -2.30. The van der Waals surface area contributed by atoms with Crippen molar-refractivity contribution < 1.29 is 15.0 Å². The van der Waals surface area contributed by atoms with Crippen LogP contribution in [0.5, 0.6) is 0 Å². The summed E-state index contributed by atoms with van der Waals surface area (Å²) >= 11 is 0. The number of allylic oxidation sites excluding steroid dienone is 1. The van der Waals surface area contributed by atoms with Crippen molar-refractivity contribution in [2.75, 3.05) is 20.7 Å². The van der Waals surface area contributed by atoms with Crippen LogP contribution in [0, 0.1) is 5.92 Å². The van der Waals surface area contributed by atoms with E-state index in [1.807, 2.05) is 13.0 Å². The number of hydrogen-bond donors (Lipinski definition) is 2. The second-order valence-electron chi connectivity index (χ2n) is 4.38. The Morgan fingerprint density at radius 2 is 1.94 bits per heavy atom. The van der Waals surface area contributed by atoms with Crippen LogP contribution in [-0.2, 0) is 4.79 Å². The van der Waals surface area contributed by atoms with Crippen LogP contribution in [0.4, 0.5) is 0 Å². The first-order valence-corrected chi connectivity index (χ1v) is 5.52. The zero-order valence-electron chi connectivity index (χ0n) is 10.6. The molecule has 0 rings (SSSR count). The molecule has 0 unspecified atom stereocenters. The van der Waals surface area contributed by atoms with Gasteiger partial charge in [0, 0.05) is 0 Å². The van der Waals surface area contributed by atoms with Crippen molar-refractivity contribution >= 4 is 5.78 Å². The van der Waals surface area contributed by atoms with Crippen molar-refractivity contribution in [1.29, 1.82) is 0 Å². The Balaban J connectivity index is 4.43. The summed E-state index contributed by atoms with van der Waals surface area (Å²) in [5.74, 6) is -0.0467. The van der Waals surface area contributed by atoms with Gasteiger partial charge >= 0.3 is 0 Å². The molecule has 2 N–H and O–H groups in total. The number of rotatable bonds is 7. The molecule has 0 radical (unpaired) electrons. The molecule has 0 aliphatic carbocycles. The molecule has 0 aliphatic rings. The molecule has 0 aliphatic heterocycles. The zero-order chi connectivity index (χ0) is 12.7. The summed E-state index contributed by atoms with van der Waals surface area (Å²) in [4.78, 5) is 13.1. The fourth-order valence-electron chi connectivity index (χ4n) is 1.75. The lowest BCUT2D eigenvalue weighted by molar-refractivity contribution is -0.126. The number of Topliss-reactive ketones (excluding diaryl/α,β-unsaturated/α-hetero) is 1. The Kier molecular flexibility index (Phi) is 7.21. The van der Waals surface area contributed by atoms with Crippen LogP contribution < -0.4 is 0 Å². The Bertz CT molecular complexity index is 238. The fraction of sp³-hybridized carbons (Fsp3) is 0.750. The largest absolute Gasteiger partial charge is 0.392 e. The molecule has 0 saturated heterocycles. The highest BCUT2D eigenvalue weighted by atomic mass is 16.3. The van der Waals surface area contributed by atoms with E-state index in [9.17, 15) is 9.90 Å². The summed E-state index contributed by atoms with van der Waals surface area (Å²) in [5.41, 5.74) is 0. The minimum atomic E-state index is -0.684. The first-order valence-electron chi connectivity index (χ1n) is 5.52. The normalized spacial score (nSPS) is 17.7. The molecule has 0 bridgehead atoms. The monoisotopic (exact) mass is 229 g/mol. The van der Waals surface area contributed by atoms with Crippen LogP contribution >= 0.6 is 0 Å². The van der Waals surface area contributed by atoms with E-state index in [-0.39, 0.29) is 18.3 Å². The minimum absolute atomic E-state index is 0.00658. The number of aliphatic hydroxyl groups is 2. The standard InChI is InChI=1S/C12H23NO3/c1-9(7-5-6-8-14)12(16)11(10(2)15)13(3)4/h5-6,9,11-12,14,16H,7-8H2,1-4H3/t9-,11-,12-/m1/s1. The second-order valence-corrected chi connectivity index (χ2v) is 4.38. The van der Waals surface area contributed by atoms with Crippen molar-refractivity contribution in [3.05, 3.63) is 12.2 Å². The SMILES string of the molecule is CC(=O)[C@H]([C@H](O)[C@H](C)CC=CCO)N(C)C. The van der Waals surface area contributed by atoms with Gasteiger partial charge in [-0.25, -0.2) is 0 Å². The third kappa shape index (κ3) is 4.88. The van der Waals surface area contributed by atoms with Gasteiger partial charge in [0.1, 0.15) is 5.78 Å². The molecule has 4 nitrogen and oxygen atoms in total. The van der Waals surface area contributed by atoms with Crippen molar-refractivity contribution in [2.24, 2.45) is 5.92 Å². The van der Waals surface area contributed by atoms with Gasteiger partial charge in [-0.05, 0) is 33.4 Å². The van der Waals surface area contributed by atoms with Gasteiger partial charge in [-0.3, -0.25) is 9.69 Å². The van der Waals surface area contributed by atoms with Crippen LogP contribution in [0.1, 0.15) is 20.3 Å². The molecule has 0 aromatic heterocycles. The smallest absolute Gasteiger partial charge is 0.149 e. The molecule has 0 aromatic carbocycles. The van der Waals surface area contributed by atoms with E-state index in [1.54, 1.807) is 25.1 Å². The summed E-state index contributed by atoms with van der Waals surface area (Å²) in [5, 5.41) is 18.7. The van der Waals surface area contributed by atoms with E-state index in [0.717, 1.165) is 0 Å². The number of hydrogen-bond acceptors (Lipinski definition) is 4. The summed E-state index contributed by atoms with van der Waals surface area (Å²) in [6.07, 6.45) is 3.43. The van der Waals surface area contributed by atoms with Gasteiger partial charge in [0.05, 0.1) is 18.8 Å². The predicted molar refractivity (Wildman–Crippen MR) is 64.2 cm³/mol. The zero-order valence-corrected chi connectivity index (χ0v) is 10.6. The molecule has 0 spiro atoms. The number of carbonyl (C=O) groups excluding carboxylic acids is 1. The molecule has 4 heteroatoms. The average Bonchev–Trinajstić information content (AvgIpc) is 2.16. The molecular formula is C12H23NO3. The van der Waals surface area contributed by atoms with Crippen LogP contribution in [0.25, 0.3) is 0 Å². The van der Waals surface area contributed by atoms with E-state index in [2.05, 4.69) is 0 Å². The quantitative estimate of drug-likeness (QED) is 0.622. The second kappa shape index (κ2) is 7.54. The lowest BCUT2D eigenvalue weighted by Crippen LogP contribution is -2.47. The van der Waals surface area contributed by atoms with Crippen molar-refractivity contribution in [1.82, 2.24) is 4.90 Å². The van der Waals surface area contributed by atoms with E-state index < -0.39 is 12.1 Å². The molecule has 0 heterocycles. The summed E-state index contributed by atoms with van der Waals surface area (Å²) in [6, 6.07) is -0.461. The number of aliphatic hydroxyl groups excluding tert-OH is 2. The number of carbonyl (C=O) groups is 1. The minimum Gasteiger partial charge on any atom is -0.392 e. The van der Waals surface area contributed by atoms with E-state index in [0.29, 0.717) is 6.42 Å². The highest BCUT2D eigenvalue weighted by Crippen LogP contribution is 2.16. The molecule has 0 fully saturated rings. The summed E-state index contributed by atoms with van der Waals surface area (Å²) < 4.78 is 0. The van der Waals surface area contributed by atoms with Crippen molar-refractivity contribution in [3.8, 4) is 0 Å². The van der Waals surface area contributed by atoms with Gasteiger partial charge < -0.3 is 10.2 Å². The third-order valence-electron chi connectivity index (χ3n) is 2.66. The van der Waals surface area contributed by atoms with Crippen molar-refractivity contribution in [3.63, 3.8) is 0 Å². The first kappa shape index (κ1) is 15.3. The van der Waals surface area contributed by atoms with Gasteiger partial charge in [0.25, 0.3) is 0 Å². The Hall–Kier alpha value is -0.710. The maximum atomic E-state index is 11.4. The van der Waals surface area contributed by atoms with Gasteiger partial charge in [-0.1, -0.05) is 19.1 Å². The molecule has 0 amide bonds. The molecule has 94 valence electrons. The highest BCUT2D eigenvalue weighted by molar-refractivity contribution is 5.82. The van der Waals surface area contributed by atoms with Gasteiger partial charge in [0.15, 0.2) is 0 Å². The fourth-order valence-corrected chi connectivity index (χ4v) is 1.75. The van der Waals surface area contributed by atoms with Gasteiger partial charge in [-0.2, -0.15) is 0 Å². The summed E-state index contributed by atoms with van der Waals surface area (Å²) in [6.45, 7) is 3.39. The molecule has 0 saturated carbocycles. The predicted octanol–water partition coefficient (Wildman–Crippen LogP) is 0.441. The molecular weight excluding hydrogens is 206 g/mol. The van der Waals surface area contributed by atoms with E-state index in [1.165, 1.54) is 6.92 Å². The average molecular weight is 229 g/mol. The maximum absolute atomic E-state index is 11.4. The number of ketones is 1. The number of likely N-dealkylation sites (N-methyl/N-ethyl adjacent to an activating group) is 1. The topological polar surface area (TPSA) is 60.8 Å². The molecule has 3 atom stereocenters. The van der Waals surface area contributed by atoms with Crippen LogP contribution in [0.3, 0.4) is 0 Å². The summed E-state index contributed by atoms with van der Waals surface area (Å²) in [7, 11) is 3.57. The Morgan fingerprint density at radius 1 is 1.38 bits per heavy atom. The third-order valence-corrected chi connectivity index (χ3v) is 2.66. The highest BCUT2D eigenvalue weighted by Gasteiger charge is 2.29. The number of nitrogens with zero attached hydrogens (tertiary/aromatic N) is 1. The van der Waals surface area contributed by atoms with Gasteiger partial charge in [-0.15, -0.1) is 0 Å². The van der Waals surface area contributed by atoms with E-state index >= 15 is 0 Å². The Labute approximate surface area is 97.6 Å². The molecule has 0 aromatic rings. The first-order chi connectivity index (χ1) is 7.41.